The number of hydrogen-bond acceptors (Lipinski definition) is 3. The van der Waals surface area contributed by atoms with E-state index < -0.39 is 0 Å². The third kappa shape index (κ3) is 2.15. The molecule has 1 fully saturated rings. The van der Waals surface area contributed by atoms with Crippen LogP contribution >= 0.6 is 0 Å². The number of H-pyrrole nitrogens is 1. The van der Waals surface area contributed by atoms with Crippen molar-refractivity contribution in [3.8, 4) is 0 Å². The first-order valence-electron chi connectivity index (χ1n) is 5.66. The Morgan fingerprint density at radius 1 is 1.53 bits per heavy atom. The van der Waals surface area contributed by atoms with Gasteiger partial charge in [-0.25, -0.2) is 9.89 Å². The Bertz CT molecular complexity index is 480. The van der Waals surface area contributed by atoms with E-state index in [2.05, 4.69) is 16.8 Å². The summed E-state index contributed by atoms with van der Waals surface area (Å²) >= 11 is 0. The number of aromatic amines is 1. The minimum absolute atomic E-state index is 0.0284. The molecule has 2 heterocycles. The van der Waals surface area contributed by atoms with Crippen LogP contribution < -0.4 is 5.69 Å². The van der Waals surface area contributed by atoms with Crippen molar-refractivity contribution in [2.24, 2.45) is 7.05 Å². The number of hydrogen-bond donors (Lipinski definition) is 1. The maximum atomic E-state index is 11.4. The summed E-state index contributed by atoms with van der Waals surface area (Å²) in [6.07, 6.45) is 3.00. The second-order valence-corrected chi connectivity index (χ2v) is 4.25. The summed E-state index contributed by atoms with van der Waals surface area (Å²) in [7, 11) is 1.71. The van der Waals surface area contributed by atoms with Crippen molar-refractivity contribution in [2.45, 2.75) is 18.8 Å². The Morgan fingerprint density at radius 3 is 2.65 bits per heavy atom. The Balaban J connectivity index is 2.04. The fraction of sp³-hybridized carbons (Fsp3) is 0.545. The van der Waals surface area contributed by atoms with Crippen LogP contribution in [0.3, 0.4) is 0 Å². The molecular formula is C11H16N4O2. The van der Waals surface area contributed by atoms with Gasteiger partial charge in [-0.15, -0.1) is 0 Å². The van der Waals surface area contributed by atoms with Crippen molar-refractivity contribution >= 4 is 5.91 Å². The van der Waals surface area contributed by atoms with E-state index in [-0.39, 0.29) is 17.5 Å². The number of carbonyl (C=O) groups is 1. The summed E-state index contributed by atoms with van der Waals surface area (Å²) in [6, 6.07) is 0. The van der Waals surface area contributed by atoms with Gasteiger partial charge in [-0.3, -0.25) is 9.36 Å². The summed E-state index contributed by atoms with van der Waals surface area (Å²) in [5, 5.41) is 6.47. The number of nitrogens with one attached hydrogen (secondary N) is 1. The molecule has 6 heteroatoms. The SMILES string of the molecule is C=CC(=O)N1CCC(c2n[nH]c(=O)n2C)CC1. The predicted octanol–water partition coefficient (Wildman–Crippen LogP) is 0.000400. The molecule has 1 aliphatic heterocycles. The van der Waals surface area contributed by atoms with Crippen LogP contribution in [0.15, 0.2) is 17.4 Å². The van der Waals surface area contributed by atoms with Crippen LogP contribution in [-0.2, 0) is 11.8 Å². The average molecular weight is 236 g/mol. The van der Waals surface area contributed by atoms with E-state index >= 15 is 0 Å². The molecule has 1 aromatic rings. The number of rotatable bonds is 2. The molecule has 1 aliphatic rings. The molecule has 2 rings (SSSR count). The first-order chi connectivity index (χ1) is 8.13. The first kappa shape index (κ1) is 11.6. The van der Waals surface area contributed by atoms with Gasteiger partial charge < -0.3 is 4.90 Å². The molecule has 17 heavy (non-hydrogen) atoms. The lowest BCUT2D eigenvalue weighted by Gasteiger charge is -2.30. The van der Waals surface area contributed by atoms with E-state index in [4.69, 9.17) is 0 Å². The minimum Gasteiger partial charge on any atom is -0.339 e. The van der Waals surface area contributed by atoms with Gasteiger partial charge in [-0.05, 0) is 18.9 Å². The molecular weight excluding hydrogens is 220 g/mol. The summed E-state index contributed by atoms with van der Waals surface area (Å²) in [6.45, 7) is 4.86. The summed E-state index contributed by atoms with van der Waals surface area (Å²) in [5.74, 6) is 0.993. The molecule has 0 aromatic carbocycles. The molecule has 0 unspecified atom stereocenters. The summed E-state index contributed by atoms with van der Waals surface area (Å²) in [4.78, 5) is 24.5. The van der Waals surface area contributed by atoms with Gasteiger partial charge in [0.2, 0.25) is 5.91 Å². The topological polar surface area (TPSA) is 71.0 Å². The molecule has 0 saturated carbocycles. The van der Waals surface area contributed by atoms with E-state index in [9.17, 15) is 9.59 Å². The molecule has 92 valence electrons. The number of aromatic nitrogens is 3. The Hall–Kier alpha value is -1.85. The highest BCUT2D eigenvalue weighted by molar-refractivity contribution is 5.87. The van der Waals surface area contributed by atoms with Crippen LogP contribution in [0, 0.1) is 0 Å². The van der Waals surface area contributed by atoms with Gasteiger partial charge in [0.1, 0.15) is 5.82 Å². The van der Waals surface area contributed by atoms with Crippen LogP contribution in [0.4, 0.5) is 0 Å². The molecule has 0 atom stereocenters. The van der Waals surface area contributed by atoms with Crippen LogP contribution in [0.25, 0.3) is 0 Å². The lowest BCUT2D eigenvalue weighted by molar-refractivity contribution is -0.127. The quantitative estimate of drug-likeness (QED) is 0.735. The molecule has 1 saturated heterocycles. The van der Waals surface area contributed by atoms with Gasteiger partial charge in [0.25, 0.3) is 0 Å². The first-order valence-corrected chi connectivity index (χ1v) is 5.66. The van der Waals surface area contributed by atoms with Gasteiger partial charge in [0.15, 0.2) is 0 Å². The lowest BCUT2D eigenvalue weighted by Crippen LogP contribution is -2.37. The number of likely N-dealkylation sites (tertiary alicyclic amines) is 1. The number of carbonyl (C=O) groups excluding carboxylic acids is 1. The zero-order chi connectivity index (χ0) is 12.4. The molecule has 0 radical (unpaired) electrons. The molecule has 1 amide bonds. The zero-order valence-corrected chi connectivity index (χ0v) is 9.85. The van der Waals surface area contributed by atoms with Gasteiger partial charge in [0, 0.05) is 26.1 Å². The third-order valence-electron chi connectivity index (χ3n) is 3.26. The largest absolute Gasteiger partial charge is 0.343 e. The lowest BCUT2D eigenvalue weighted by atomic mass is 9.96. The fourth-order valence-electron chi connectivity index (χ4n) is 2.21. The van der Waals surface area contributed by atoms with Crippen molar-refractivity contribution in [3.63, 3.8) is 0 Å². The van der Waals surface area contributed by atoms with E-state index in [1.807, 2.05) is 0 Å². The summed E-state index contributed by atoms with van der Waals surface area (Å²) in [5.41, 5.74) is -0.190. The van der Waals surface area contributed by atoms with Crippen molar-refractivity contribution < 1.29 is 4.79 Å². The van der Waals surface area contributed by atoms with E-state index in [0.29, 0.717) is 13.1 Å². The highest BCUT2D eigenvalue weighted by atomic mass is 16.2. The fourth-order valence-corrected chi connectivity index (χ4v) is 2.21. The highest BCUT2D eigenvalue weighted by Gasteiger charge is 2.25. The zero-order valence-electron chi connectivity index (χ0n) is 9.85. The Labute approximate surface area is 98.9 Å². The summed E-state index contributed by atoms with van der Waals surface area (Å²) < 4.78 is 1.54. The van der Waals surface area contributed by atoms with Gasteiger partial charge in [-0.2, -0.15) is 5.10 Å². The smallest absolute Gasteiger partial charge is 0.339 e. The molecule has 1 aromatic heterocycles. The third-order valence-corrected chi connectivity index (χ3v) is 3.26. The molecule has 6 nitrogen and oxygen atoms in total. The van der Waals surface area contributed by atoms with Crippen LogP contribution in [-0.4, -0.2) is 38.7 Å². The molecule has 0 spiro atoms. The second kappa shape index (κ2) is 4.57. The van der Waals surface area contributed by atoms with E-state index in [1.165, 1.54) is 10.6 Å². The predicted molar refractivity (Wildman–Crippen MR) is 62.6 cm³/mol. The van der Waals surface area contributed by atoms with E-state index in [0.717, 1.165) is 18.7 Å². The molecule has 1 N–H and O–H groups in total. The maximum Gasteiger partial charge on any atom is 0.343 e. The maximum absolute atomic E-state index is 11.4. The normalized spacial score (nSPS) is 17.1. The highest BCUT2D eigenvalue weighted by Crippen LogP contribution is 2.25. The Morgan fingerprint density at radius 2 is 2.18 bits per heavy atom. The molecule has 0 aliphatic carbocycles. The molecule has 0 bridgehead atoms. The number of nitrogens with zero attached hydrogens (tertiary/aromatic N) is 3. The monoisotopic (exact) mass is 236 g/mol. The number of piperidine rings is 1. The van der Waals surface area contributed by atoms with Gasteiger partial charge >= 0.3 is 5.69 Å². The standard InChI is InChI=1S/C11H16N4O2/c1-3-9(16)15-6-4-8(5-7-15)10-12-13-11(17)14(10)2/h3,8H,1,4-7H2,2H3,(H,13,17). The van der Waals surface area contributed by atoms with Gasteiger partial charge in [-0.1, -0.05) is 6.58 Å². The van der Waals surface area contributed by atoms with Crippen molar-refractivity contribution in [2.75, 3.05) is 13.1 Å². The second-order valence-electron chi connectivity index (χ2n) is 4.25. The number of amides is 1. The van der Waals surface area contributed by atoms with Crippen molar-refractivity contribution in [1.82, 2.24) is 19.7 Å². The van der Waals surface area contributed by atoms with E-state index in [1.54, 1.807) is 11.9 Å². The van der Waals surface area contributed by atoms with Gasteiger partial charge in [0.05, 0.1) is 0 Å². The Kier molecular flexibility index (Phi) is 3.12. The van der Waals surface area contributed by atoms with Crippen LogP contribution in [0.1, 0.15) is 24.6 Å². The minimum atomic E-state index is -0.190. The van der Waals surface area contributed by atoms with Crippen molar-refractivity contribution in [3.05, 3.63) is 29.0 Å². The van der Waals surface area contributed by atoms with Crippen LogP contribution in [0.5, 0.6) is 0 Å². The van der Waals surface area contributed by atoms with Crippen LogP contribution in [0.2, 0.25) is 0 Å². The van der Waals surface area contributed by atoms with Crippen molar-refractivity contribution in [1.29, 1.82) is 0 Å². The average Bonchev–Trinajstić information content (AvgIpc) is 2.69.